The predicted octanol–water partition coefficient (Wildman–Crippen LogP) is 14.9. The average molecular weight is 809 g/mol. The van der Waals surface area contributed by atoms with Crippen LogP contribution in [0.5, 0.6) is 0 Å². The minimum absolute atomic E-state index is 0.0234. The summed E-state index contributed by atoms with van der Waals surface area (Å²) in [4.78, 5) is 0. The fourth-order valence-corrected chi connectivity index (χ4v) is 9.91. The highest BCUT2D eigenvalue weighted by Crippen LogP contribution is 2.46. The number of nitriles is 2. The zero-order chi connectivity index (χ0) is 41.9. The van der Waals surface area contributed by atoms with E-state index in [1.807, 2.05) is 143 Å². The van der Waals surface area contributed by atoms with Gasteiger partial charge < -0.3 is 18.0 Å². The van der Waals surface area contributed by atoms with Gasteiger partial charge in [-0.3, -0.25) is 0 Å². The fraction of sp³-hybridized carbons (Fsp3) is 0. The highest BCUT2D eigenvalue weighted by Gasteiger charge is 2.29. The summed E-state index contributed by atoms with van der Waals surface area (Å²) < 4.78 is 35.6. The number of furan rings is 2. The summed E-state index contributed by atoms with van der Waals surface area (Å²) in [5, 5.41) is 28.8. The standard InChI is InChI=1S/C56H29FN4O2/c57-52-53(60-44-23-19-34(32-11-3-1-4-12-32)28-42(44)50-46(60)25-21-40-38-15-7-9-17-48(38)62-55(40)50)36(30-58)27-37(31-59)54(52)61-45-24-20-35(33-13-5-2-6-14-33)29-43(45)51-47(61)26-22-41-39-16-8-10-18-49(39)63-56(41)51/h1-29H. The Morgan fingerprint density at radius 2 is 0.794 bits per heavy atom. The van der Waals surface area contributed by atoms with Crippen LogP contribution in [0.1, 0.15) is 11.1 Å². The molecule has 63 heavy (non-hydrogen) atoms. The number of para-hydroxylation sites is 2. The molecule has 0 N–H and O–H groups in total. The van der Waals surface area contributed by atoms with Gasteiger partial charge in [0.2, 0.25) is 0 Å². The molecule has 13 aromatic rings. The van der Waals surface area contributed by atoms with Gasteiger partial charge in [-0.2, -0.15) is 10.5 Å². The number of hydrogen-bond donors (Lipinski definition) is 0. The van der Waals surface area contributed by atoms with Gasteiger partial charge in [-0.15, -0.1) is 0 Å². The molecular formula is C56H29FN4O2. The normalized spacial score (nSPS) is 11.9. The van der Waals surface area contributed by atoms with Gasteiger partial charge in [0, 0.05) is 32.3 Å². The summed E-state index contributed by atoms with van der Waals surface area (Å²) in [5.74, 6) is -0.711. The monoisotopic (exact) mass is 808 g/mol. The van der Waals surface area contributed by atoms with E-state index in [1.165, 1.54) is 6.07 Å². The van der Waals surface area contributed by atoms with Gasteiger partial charge in [0.1, 0.15) is 45.8 Å². The maximum Gasteiger partial charge on any atom is 0.173 e. The molecule has 0 fully saturated rings. The van der Waals surface area contributed by atoms with Crippen molar-refractivity contribution in [2.24, 2.45) is 0 Å². The lowest BCUT2D eigenvalue weighted by Gasteiger charge is -2.18. The lowest BCUT2D eigenvalue weighted by atomic mass is 10.0. The van der Waals surface area contributed by atoms with E-state index in [0.29, 0.717) is 33.2 Å². The Bertz CT molecular complexity index is 3910. The number of benzene rings is 9. The topological polar surface area (TPSA) is 83.7 Å². The highest BCUT2D eigenvalue weighted by atomic mass is 19.1. The number of halogens is 1. The first-order chi connectivity index (χ1) is 31.1. The zero-order valence-electron chi connectivity index (χ0n) is 33.2. The molecule has 0 radical (unpaired) electrons. The van der Waals surface area contributed by atoms with E-state index >= 15 is 4.39 Å². The van der Waals surface area contributed by atoms with Crippen LogP contribution < -0.4 is 0 Å². The largest absolute Gasteiger partial charge is 0.455 e. The molecule has 13 rings (SSSR count). The Morgan fingerprint density at radius 3 is 1.24 bits per heavy atom. The molecule has 9 aromatic carbocycles. The number of nitrogens with zero attached hydrogens (tertiary/aromatic N) is 4. The summed E-state index contributed by atoms with van der Waals surface area (Å²) in [7, 11) is 0. The van der Waals surface area contributed by atoms with Gasteiger partial charge >= 0.3 is 0 Å². The van der Waals surface area contributed by atoms with Crippen LogP contribution in [0.4, 0.5) is 4.39 Å². The van der Waals surface area contributed by atoms with E-state index in [1.54, 1.807) is 0 Å². The molecule has 0 bridgehead atoms. The molecule has 0 amide bonds. The third kappa shape index (κ3) is 4.85. The van der Waals surface area contributed by atoms with Gasteiger partial charge in [0.25, 0.3) is 0 Å². The van der Waals surface area contributed by atoms with E-state index in [0.717, 1.165) is 76.5 Å². The zero-order valence-corrected chi connectivity index (χ0v) is 33.2. The predicted molar refractivity (Wildman–Crippen MR) is 250 cm³/mol. The SMILES string of the molecule is N#Cc1cc(C#N)c(-n2c3ccc(-c4ccccc4)cc3c3c4oc5ccccc5c4ccc32)c(F)c1-n1c2ccc(-c3ccccc3)cc2c2c3oc4ccccc4c3ccc21. The van der Waals surface area contributed by atoms with Crippen molar-refractivity contribution >= 4 is 87.5 Å². The van der Waals surface area contributed by atoms with Crippen LogP contribution >= 0.6 is 0 Å². The molecular weight excluding hydrogens is 780 g/mol. The molecule has 0 unspecified atom stereocenters. The van der Waals surface area contributed by atoms with Crippen molar-refractivity contribution in [2.45, 2.75) is 0 Å². The van der Waals surface area contributed by atoms with Crippen LogP contribution in [-0.2, 0) is 0 Å². The molecule has 0 aliphatic carbocycles. The first-order valence-corrected chi connectivity index (χ1v) is 20.6. The van der Waals surface area contributed by atoms with Crippen LogP contribution in [0.3, 0.4) is 0 Å². The Hall–Kier alpha value is -8.91. The van der Waals surface area contributed by atoms with Crippen molar-refractivity contribution < 1.29 is 13.2 Å². The third-order valence-electron chi connectivity index (χ3n) is 12.7. The van der Waals surface area contributed by atoms with Gasteiger partial charge in [-0.1, -0.05) is 109 Å². The summed E-state index contributed by atoms with van der Waals surface area (Å²) in [6.07, 6.45) is 0. The second kappa shape index (κ2) is 13.0. The molecule has 7 heteroatoms. The van der Waals surface area contributed by atoms with Crippen molar-refractivity contribution in [3.8, 4) is 45.8 Å². The second-order valence-corrected chi connectivity index (χ2v) is 15.9. The molecule has 0 atom stereocenters. The Morgan fingerprint density at radius 1 is 0.381 bits per heavy atom. The molecule has 0 saturated carbocycles. The fourth-order valence-electron chi connectivity index (χ4n) is 9.91. The summed E-state index contributed by atoms with van der Waals surface area (Å²) in [5.41, 5.74) is 9.64. The first kappa shape index (κ1) is 34.9. The molecule has 0 aliphatic heterocycles. The van der Waals surface area contributed by atoms with Crippen LogP contribution in [0, 0.1) is 28.5 Å². The van der Waals surface area contributed by atoms with Gasteiger partial charge in [-0.05, 0) is 89.0 Å². The van der Waals surface area contributed by atoms with E-state index in [-0.39, 0.29) is 22.5 Å². The number of fused-ring (bicyclic) bond motifs is 14. The van der Waals surface area contributed by atoms with E-state index in [4.69, 9.17) is 8.83 Å². The third-order valence-corrected chi connectivity index (χ3v) is 12.7. The molecule has 0 aliphatic rings. The molecule has 6 nitrogen and oxygen atoms in total. The summed E-state index contributed by atoms with van der Waals surface area (Å²) >= 11 is 0. The van der Waals surface area contributed by atoms with E-state index < -0.39 is 5.82 Å². The number of rotatable bonds is 4. The van der Waals surface area contributed by atoms with Crippen molar-refractivity contribution in [3.63, 3.8) is 0 Å². The second-order valence-electron chi connectivity index (χ2n) is 15.9. The number of aromatic nitrogens is 2. The van der Waals surface area contributed by atoms with Crippen LogP contribution in [0.25, 0.3) is 121 Å². The van der Waals surface area contributed by atoms with Crippen molar-refractivity contribution in [2.75, 3.05) is 0 Å². The van der Waals surface area contributed by atoms with Crippen LogP contribution in [0.2, 0.25) is 0 Å². The highest BCUT2D eigenvalue weighted by molar-refractivity contribution is 6.26. The molecule has 0 spiro atoms. The van der Waals surface area contributed by atoms with Crippen molar-refractivity contribution in [1.82, 2.24) is 9.13 Å². The molecule has 0 saturated heterocycles. The van der Waals surface area contributed by atoms with Crippen LogP contribution in [-0.4, -0.2) is 9.13 Å². The van der Waals surface area contributed by atoms with Gasteiger partial charge in [-0.25, -0.2) is 4.39 Å². The average Bonchev–Trinajstić information content (AvgIpc) is 4.09. The molecule has 4 heterocycles. The van der Waals surface area contributed by atoms with Gasteiger partial charge in [0.05, 0.1) is 44.0 Å². The summed E-state index contributed by atoms with van der Waals surface area (Å²) in [6.45, 7) is 0. The minimum Gasteiger partial charge on any atom is -0.455 e. The van der Waals surface area contributed by atoms with Crippen LogP contribution in [0.15, 0.2) is 185 Å². The number of hydrogen-bond acceptors (Lipinski definition) is 4. The smallest absolute Gasteiger partial charge is 0.173 e. The maximum atomic E-state index is 18.7. The Labute approximate surface area is 357 Å². The van der Waals surface area contributed by atoms with E-state index in [9.17, 15) is 10.5 Å². The lowest BCUT2D eigenvalue weighted by Crippen LogP contribution is -2.09. The van der Waals surface area contributed by atoms with E-state index in [2.05, 4.69) is 48.5 Å². The quantitative estimate of drug-likeness (QED) is 0.177. The maximum absolute atomic E-state index is 18.7. The summed E-state index contributed by atoms with van der Waals surface area (Å²) in [6, 6.07) is 62.3. The lowest BCUT2D eigenvalue weighted by molar-refractivity contribution is 0.613. The van der Waals surface area contributed by atoms with Crippen molar-refractivity contribution in [1.29, 1.82) is 10.5 Å². The first-order valence-electron chi connectivity index (χ1n) is 20.6. The minimum atomic E-state index is -0.711. The van der Waals surface area contributed by atoms with Gasteiger partial charge in [0.15, 0.2) is 5.82 Å². The Balaban J connectivity index is 1.17. The van der Waals surface area contributed by atoms with Crippen molar-refractivity contribution in [3.05, 3.63) is 193 Å². The molecule has 292 valence electrons. The Kier molecular flexibility index (Phi) is 7.23. The molecule has 4 aromatic heterocycles.